The lowest BCUT2D eigenvalue weighted by Crippen LogP contribution is -2.23. The molecule has 4 rings (SSSR count). The summed E-state index contributed by atoms with van der Waals surface area (Å²) in [5.74, 6) is -0.747. The third-order valence-electron chi connectivity index (χ3n) is 5.09. The minimum atomic E-state index is -0.564. The largest absolute Gasteiger partial charge is 0.462 e. The number of carbonyl (C=O) groups excluding carboxylic acids is 3. The molecule has 1 aromatic carbocycles. The molecular weight excluding hydrogens is 354 g/mol. The first-order valence-electron chi connectivity index (χ1n) is 9.40. The van der Waals surface area contributed by atoms with Gasteiger partial charge in [0.25, 0.3) is 0 Å². The Kier molecular flexibility index (Phi) is 4.38. The topological polar surface area (TPSA) is 64.8 Å². The minimum Gasteiger partial charge on any atom is -0.462 e. The van der Waals surface area contributed by atoms with Crippen molar-refractivity contribution in [3.8, 4) is 0 Å². The highest BCUT2D eigenvalue weighted by atomic mass is 16.5. The third kappa shape index (κ3) is 2.74. The van der Waals surface area contributed by atoms with Gasteiger partial charge in [-0.15, -0.1) is 0 Å². The van der Waals surface area contributed by atoms with Gasteiger partial charge in [-0.05, 0) is 37.0 Å². The molecule has 0 saturated heterocycles. The Bertz CT molecular complexity index is 1140. The lowest BCUT2D eigenvalue weighted by molar-refractivity contribution is 0.0488. The maximum atomic E-state index is 13.2. The van der Waals surface area contributed by atoms with Crippen LogP contribution < -0.4 is 0 Å². The van der Waals surface area contributed by atoms with Crippen molar-refractivity contribution in [3.05, 3.63) is 76.1 Å². The summed E-state index contributed by atoms with van der Waals surface area (Å²) in [6.07, 6.45) is 2.46. The van der Waals surface area contributed by atoms with Crippen LogP contribution in [0.2, 0.25) is 0 Å². The van der Waals surface area contributed by atoms with Crippen LogP contribution in [-0.2, 0) is 4.74 Å². The van der Waals surface area contributed by atoms with Gasteiger partial charge in [0.05, 0.1) is 23.3 Å². The van der Waals surface area contributed by atoms with Gasteiger partial charge in [-0.1, -0.05) is 38.1 Å². The van der Waals surface area contributed by atoms with Crippen molar-refractivity contribution in [2.45, 2.75) is 27.2 Å². The molecule has 0 spiro atoms. The summed E-state index contributed by atoms with van der Waals surface area (Å²) < 4.78 is 7.10. The van der Waals surface area contributed by atoms with Gasteiger partial charge in [-0.3, -0.25) is 9.59 Å². The number of nitrogens with zero attached hydrogens (tertiary/aromatic N) is 1. The third-order valence-corrected chi connectivity index (χ3v) is 5.09. The molecule has 1 aliphatic carbocycles. The molecular formula is C23H21NO4. The predicted octanol–water partition coefficient (Wildman–Crippen LogP) is 4.23. The number of hydrogen-bond acceptors (Lipinski definition) is 4. The number of esters is 1. The lowest BCUT2D eigenvalue weighted by atomic mass is 9.86. The Morgan fingerprint density at radius 2 is 1.75 bits per heavy atom. The number of ether oxygens (including phenoxy) is 1. The van der Waals surface area contributed by atoms with Crippen molar-refractivity contribution in [1.29, 1.82) is 0 Å². The summed E-state index contributed by atoms with van der Waals surface area (Å²) in [4.78, 5) is 39.4. The average molecular weight is 375 g/mol. The Morgan fingerprint density at radius 1 is 1.07 bits per heavy atom. The summed E-state index contributed by atoms with van der Waals surface area (Å²) in [5, 5.41) is 0. The fraction of sp³-hybridized carbons (Fsp3) is 0.261. The molecule has 0 fully saturated rings. The number of hydrogen-bond donors (Lipinski definition) is 0. The van der Waals surface area contributed by atoms with Crippen LogP contribution in [0.3, 0.4) is 0 Å². The van der Waals surface area contributed by atoms with Crippen molar-refractivity contribution >= 4 is 23.1 Å². The fourth-order valence-corrected chi connectivity index (χ4v) is 3.61. The van der Waals surface area contributed by atoms with Crippen LogP contribution in [0.5, 0.6) is 0 Å². The van der Waals surface area contributed by atoms with Gasteiger partial charge in [-0.25, -0.2) is 4.79 Å². The van der Waals surface area contributed by atoms with Gasteiger partial charge >= 0.3 is 5.97 Å². The maximum absolute atomic E-state index is 13.2. The Labute approximate surface area is 162 Å². The van der Waals surface area contributed by atoms with Crippen molar-refractivity contribution in [3.63, 3.8) is 0 Å². The zero-order valence-electron chi connectivity index (χ0n) is 16.1. The second kappa shape index (κ2) is 6.75. The predicted molar refractivity (Wildman–Crippen MR) is 105 cm³/mol. The summed E-state index contributed by atoms with van der Waals surface area (Å²) in [6.45, 7) is 6.27. The molecule has 0 N–H and O–H groups in total. The molecule has 2 heterocycles. The standard InChI is InChI=1S/C23H21NO4/c1-13(2)9-11-28-23(27)18-17-12-14(3)8-10-24(17)20-19(18)21(25)15-6-4-5-7-16(15)22(20)26/h4-8,10,12-13H,9,11H2,1-3H3. The van der Waals surface area contributed by atoms with Crippen LogP contribution in [0.15, 0.2) is 42.6 Å². The van der Waals surface area contributed by atoms with Crippen molar-refractivity contribution in [1.82, 2.24) is 4.40 Å². The van der Waals surface area contributed by atoms with Crippen LogP contribution in [0.25, 0.3) is 5.52 Å². The van der Waals surface area contributed by atoms with Crippen LogP contribution in [0.4, 0.5) is 0 Å². The molecule has 28 heavy (non-hydrogen) atoms. The highest BCUT2D eigenvalue weighted by Gasteiger charge is 2.38. The zero-order chi connectivity index (χ0) is 20.0. The molecule has 0 saturated carbocycles. The number of pyridine rings is 1. The normalized spacial score (nSPS) is 13.0. The number of aryl methyl sites for hydroxylation is 1. The van der Waals surface area contributed by atoms with Crippen LogP contribution >= 0.6 is 0 Å². The van der Waals surface area contributed by atoms with Crippen LogP contribution in [0.1, 0.15) is 68.2 Å². The van der Waals surface area contributed by atoms with E-state index in [1.807, 2.05) is 32.9 Å². The van der Waals surface area contributed by atoms with Crippen molar-refractivity contribution < 1.29 is 19.1 Å². The summed E-state index contributed by atoms with van der Waals surface area (Å²) >= 11 is 0. The van der Waals surface area contributed by atoms with Gasteiger partial charge in [0.15, 0.2) is 5.78 Å². The second-order valence-electron chi connectivity index (χ2n) is 7.58. The first kappa shape index (κ1) is 18.2. The molecule has 2 aromatic heterocycles. The number of fused-ring (bicyclic) bond motifs is 4. The first-order chi connectivity index (χ1) is 13.4. The smallest absolute Gasteiger partial charge is 0.341 e. The number of ketones is 2. The summed E-state index contributed by atoms with van der Waals surface area (Å²) in [7, 11) is 0. The lowest BCUT2D eigenvalue weighted by Gasteiger charge is -2.15. The Morgan fingerprint density at radius 3 is 2.43 bits per heavy atom. The van der Waals surface area contributed by atoms with E-state index in [0.29, 0.717) is 22.6 Å². The first-order valence-corrected chi connectivity index (χ1v) is 9.40. The zero-order valence-corrected chi connectivity index (χ0v) is 16.1. The molecule has 3 aromatic rings. The van der Waals surface area contributed by atoms with Gasteiger partial charge in [0, 0.05) is 17.3 Å². The van der Waals surface area contributed by atoms with Gasteiger partial charge < -0.3 is 9.14 Å². The van der Waals surface area contributed by atoms with E-state index in [1.165, 1.54) is 0 Å². The van der Waals surface area contributed by atoms with Crippen molar-refractivity contribution in [2.24, 2.45) is 5.92 Å². The quantitative estimate of drug-likeness (QED) is 0.501. The molecule has 0 aliphatic heterocycles. The molecule has 5 nitrogen and oxygen atoms in total. The molecule has 0 amide bonds. The van der Waals surface area contributed by atoms with Crippen LogP contribution in [-0.4, -0.2) is 28.5 Å². The molecule has 0 radical (unpaired) electrons. The Hall–Kier alpha value is -3.21. The molecule has 5 heteroatoms. The van der Waals surface area contributed by atoms with E-state index >= 15 is 0 Å². The van der Waals surface area contributed by atoms with E-state index in [-0.39, 0.29) is 35.0 Å². The van der Waals surface area contributed by atoms with Crippen molar-refractivity contribution in [2.75, 3.05) is 6.61 Å². The van der Waals surface area contributed by atoms with E-state index in [0.717, 1.165) is 12.0 Å². The minimum absolute atomic E-state index is 0.142. The van der Waals surface area contributed by atoms with Gasteiger partial charge in [0.2, 0.25) is 5.78 Å². The number of benzene rings is 1. The van der Waals surface area contributed by atoms with Crippen LogP contribution in [0, 0.1) is 12.8 Å². The summed E-state index contributed by atoms with van der Waals surface area (Å²) in [5.41, 5.74) is 2.68. The van der Waals surface area contributed by atoms with E-state index in [1.54, 1.807) is 34.9 Å². The highest BCUT2D eigenvalue weighted by molar-refractivity contribution is 6.31. The summed E-state index contributed by atoms with van der Waals surface area (Å²) in [6, 6.07) is 10.4. The highest BCUT2D eigenvalue weighted by Crippen LogP contribution is 2.34. The second-order valence-corrected chi connectivity index (χ2v) is 7.58. The van der Waals surface area contributed by atoms with E-state index in [9.17, 15) is 14.4 Å². The monoisotopic (exact) mass is 375 g/mol. The fourth-order valence-electron chi connectivity index (χ4n) is 3.61. The van der Waals surface area contributed by atoms with E-state index in [4.69, 9.17) is 4.74 Å². The number of aromatic nitrogens is 1. The maximum Gasteiger partial charge on any atom is 0.341 e. The molecule has 0 atom stereocenters. The SMILES string of the molecule is Cc1ccn2c3c(c(C(=O)OCCC(C)C)c2c1)C(=O)c1ccccc1C3=O. The molecule has 0 bridgehead atoms. The van der Waals surface area contributed by atoms with Gasteiger partial charge in [-0.2, -0.15) is 0 Å². The average Bonchev–Trinajstić information content (AvgIpc) is 3.00. The van der Waals surface area contributed by atoms with E-state index in [2.05, 4.69) is 0 Å². The number of rotatable bonds is 4. The Balaban J connectivity index is 1.93. The molecule has 142 valence electrons. The van der Waals surface area contributed by atoms with E-state index < -0.39 is 5.97 Å². The van der Waals surface area contributed by atoms with Gasteiger partial charge in [0.1, 0.15) is 5.69 Å². The molecule has 0 unspecified atom stereocenters. The molecule has 1 aliphatic rings. The number of carbonyl (C=O) groups is 3.